The summed E-state index contributed by atoms with van der Waals surface area (Å²) in [6, 6.07) is 17.3. The quantitative estimate of drug-likeness (QED) is 0.501. The van der Waals surface area contributed by atoms with Gasteiger partial charge in [0.1, 0.15) is 0 Å². The highest BCUT2D eigenvalue weighted by atomic mass is 15.2. The van der Waals surface area contributed by atoms with Crippen LogP contribution in [0.3, 0.4) is 0 Å². The van der Waals surface area contributed by atoms with Crippen LogP contribution in [0.4, 0.5) is 0 Å². The first-order chi connectivity index (χ1) is 10.9. The smallest absolute Gasteiger partial charge is 0.0495 e. The van der Waals surface area contributed by atoms with Crippen molar-refractivity contribution in [3.05, 3.63) is 59.7 Å². The predicted octanol–water partition coefficient (Wildman–Crippen LogP) is 4.68. The van der Waals surface area contributed by atoms with Crippen LogP contribution in [0, 0.1) is 13.8 Å². The second-order valence-electron chi connectivity index (χ2n) is 6.64. The van der Waals surface area contributed by atoms with E-state index in [0.717, 1.165) is 6.67 Å². The monoisotopic (exact) mass is 308 g/mol. The Morgan fingerprint density at radius 3 is 1.00 bits per heavy atom. The molecule has 0 N–H and O–H groups in total. The molecule has 0 aromatic heterocycles. The van der Waals surface area contributed by atoms with Crippen LogP contribution in [0.1, 0.15) is 11.1 Å². The molecule has 0 saturated carbocycles. The van der Waals surface area contributed by atoms with Crippen LogP contribution < -0.4 is 0 Å². The summed E-state index contributed by atoms with van der Waals surface area (Å²) in [6.07, 6.45) is 0. The molecule has 122 valence electrons. The van der Waals surface area contributed by atoms with Gasteiger partial charge in [-0.05, 0) is 74.7 Å². The summed E-state index contributed by atoms with van der Waals surface area (Å²) in [7, 11) is 8.22. The van der Waals surface area contributed by atoms with Crippen LogP contribution >= 0.6 is 0 Å². The molecule has 0 unspecified atom stereocenters. The first-order valence-electron chi connectivity index (χ1n) is 8.08. The molecular weight excluding hydrogens is 280 g/mol. The van der Waals surface area contributed by atoms with Crippen molar-refractivity contribution in [2.75, 3.05) is 34.9 Å². The summed E-state index contributed by atoms with van der Waals surface area (Å²) in [6.45, 7) is 5.45. The molecular formula is C21H28N2. The third-order valence-electron chi connectivity index (χ3n) is 4.04. The van der Waals surface area contributed by atoms with Gasteiger partial charge >= 0.3 is 0 Å². The number of hydrogen-bond acceptors (Lipinski definition) is 2. The predicted molar refractivity (Wildman–Crippen MR) is 103 cm³/mol. The van der Waals surface area contributed by atoms with E-state index in [0.29, 0.717) is 0 Å². The minimum atomic E-state index is 1.03. The number of rotatable bonds is 2. The lowest BCUT2D eigenvalue weighted by Gasteiger charge is -2.14. The second-order valence-corrected chi connectivity index (χ2v) is 6.64. The fourth-order valence-corrected chi connectivity index (χ4v) is 3.13. The van der Waals surface area contributed by atoms with Gasteiger partial charge in [-0.1, -0.05) is 48.5 Å². The average molecular weight is 308 g/mol. The zero-order valence-corrected chi connectivity index (χ0v) is 15.2. The maximum Gasteiger partial charge on any atom is 0.0495 e. The van der Waals surface area contributed by atoms with Gasteiger partial charge in [-0.15, -0.1) is 0 Å². The van der Waals surface area contributed by atoms with Gasteiger partial charge in [0.25, 0.3) is 0 Å². The van der Waals surface area contributed by atoms with E-state index >= 15 is 0 Å². The molecule has 23 heavy (non-hydrogen) atoms. The van der Waals surface area contributed by atoms with Crippen molar-refractivity contribution in [1.82, 2.24) is 9.80 Å². The standard InChI is InChI=1S/C16H14.C5H14N2/c1-11-13-7-3-5-9-15(13)12(2)16-10-6-4-8-14(11)16;1-6(2)5-7(3)4/h3-10H,1-2H3;5H2,1-4H3. The number of fused-ring (bicyclic) bond motifs is 2. The Morgan fingerprint density at radius 2 is 0.826 bits per heavy atom. The van der Waals surface area contributed by atoms with Crippen molar-refractivity contribution in [2.24, 2.45) is 0 Å². The van der Waals surface area contributed by atoms with E-state index in [2.05, 4.69) is 100 Å². The lowest BCUT2D eigenvalue weighted by atomic mass is 9.93. The summed E-state index contributed by atoms with van der Waals surface area (Å²) in [5.74, 6) is 0. The van der Waals surface area contributed by atoms with Gasteiger partial charge in [-0.3, -0.25) is 9.80 Å². The second kappa shape index (κ2) is 7.58. The van der Waals surface area contributed by atoms with Gasteiger partial charge in [0.2, 0.25) is 0 Å². The fourth-order valence-electron chi connectivity index (χ4n) is 3.13. The largest absolute Gasteiger partial charge is 0.297 e. The van der Waals surface area contributed by atoms with E-state index in [4.69, 9.17) is 0 Å². The molecule has 2 heteroatoms. The summed E-state index contributed by atoms with van der Waals surface area (Å²) in [5, 5.41) is 5.50. The van der Waals surface area contributed by atoms with Gasteiger partial charge in [-0.2, -0.15) is 0 Å². The Balaban J connectivity index is 0.000000236. The van der Waals surface area contributed by atoms with E-state index in [-0.39, 0.29) is 0 Å². The van der Waals surface area contributed by atoms with Gasteiger partial charge < -0.3 is 0 Å². The van der Waals surface area contributed by atoms with Crippen molar-refractivity contribution in [1.29, 1.82) is 0 Å². The van der Waals surface area contributed by atoms with Gasteiger partial charge in [0.15, 0.2) is 0 Å². The first-order valence-corrected chi connectivity index (χ1v) is 8.08. The zero-order valence-electron chi connectivity index (χ0n) is 15.2. The molecule has 2 nitrogen and oxygen atoms in total. The molecule has 0 fully saturated rings. The van der Waals surface area contributed by atoms with Crippen molar-refractivity contribution < 1.29 is 0 Å². The Kier molecular flexibility index (Phi) is 5.75. The van der Waals surface area contributed by atoms with Crippen molar-refractivity contribution in [3.8, 4) is 0 Å². The molecule has 0 spiro atoms. The Morgan fingerprint density at radius 1 is 0.565 bits per heavy atom. The number of aryl methyl sites for hydroxylation is 2. The Labute approximate surface area is 140 Å². The molecule has 0 bridgehead atoms. The third kappa shape index (κ3) is 4.10. The molecule has 3 rings (SSSR count). The van der Waals surface area contributed by atoms with E-state index in [1.165, 1.54) is 32.7 Å². The molecule has 0 aliphatic rings. The molecule has 0 aliphatic carbocycles. The summed E-state index contributed by atoms with van der Waals surface area (Å²) in [5.41, 5.74) is 2.77. The fraction of sp³-hybridized carbons (Fsp3) is 0.333. The van der Waals surface area contributed by atoms with E-state index < -0.39 is 0 Å². The minimum Gasteiger partial charge on any atom is -0.297 e. The van der Waals surface area contributed by atoms with Gasteiger partial charge in [0.05, 0.1) is 0 Å². The average Bonchev–Trinajstić information content (AvgIpc) is 2.52. The van der Waals surface area contributed by atoms with E-state index in [1.807, 2.05) is 0 Å². The normalized spacial score (nSPS) is 11.1. The minimum absolute atomic E-state index is 1.03. The molecule has 0 aliphatic heterocycles. The number of hydrogen-bond donors (Lipinski definition) is 0. The van der Waals surface area contributed by atoms with Crippen LogP contribution in [0.25, 0.3) is 21.5 Å². The highest BCUT2D eigenvalue weighted by molar-refractivity contribution is 6.05. The molecule has 0 atom stereocenters. The lowest BCUT2D eigenvalue weighted by molar-refractivity contribution is 0.245. The van der Waals surface area contributed by atoms with Crippen molar-refractivity contribution >= 4 is 21.5 Å². The Bertz CT molecular complexity index is 665. The van der Waals surface area contributed by atoms with Gasteiger partial charge in [0, 0.05) is 6.67 Å². The van der Waals surface area contributed by atoms with Crippen LogP contribution in [0.2, 0.25) is 0 Å². The SMILES string of the molecule is CN(C)CN(C)C.Cc1c2ccccc2c(C)c2ccccc12. The molecule has 3 aromatic carbocycles. The highest BCUT2D eigenvalue weighted by Gasteiger charge is 2.06. The van der Waals surface area contributed by atoms with Crippen LogP contribution in [-0.4, -0.2) is 44.7 Å². The van der Waals surface area contributed by atoms with Crippen LogP contribution in [-0.2, 0) is 0 Å². The van der Waals surface area contributed by atoms with Crippen molar-refractivity contribution in [2.45, 2.75) is 13.8 Å². The van der Waals surface area contributed by atoms with E-state index in [9.17, 15) is 0 Å². The van der Waals surface area contributed by atoms with Gasteiger partial charge in [-0.25, -0.2) is 0 Å². The van der Waals surface area contributed by atoms with Crippen LogP contribution in [0.5, 0.6) is 0 Å². The number of nitrogens with zero attached hydrogens (tertiary/aromatic N) is 2. The first kappa shape index (κ1) is 17.5. The number of benzene rings is 3. The zero-order chi connectivity index (χ0) is 17.0. The molecule has 0 radical (unpaired) electrons. The Hall–Kier alpha value is -1.90. The molecule has 3 aromatic rings. The maximum absolute atomic E-state index is 2.21. The summed E-state index contributed by atoms with van der Waals surface area (Å²) >= 11 is 0. The third-order valence-corrected chi connectivity index (χ3v) is 4.04. The highest BCUT2D eigenvalue weighted by Crippen LogP contribution is 2.31. The summed E-state index contributed by atoms with van der Waals surface area (Å²) in [4.78, 5) is 4.25. The molecule has 0 amide bonds. The topological polar surface area (TPSA) is 6.48 Å². The maximum atomic E-state index is 2.21. The van der Waals surface area contributed by atoms with Crippen LogP contribution in [0.15, 0.2) is 48.5 Å². The van der Waals surface area contributed by atoms with E-state index in [1.54, 1.807) is 0 Å². The van der Waals surface area contributed by atoms with Crippen molar-refractivity contribution in [3.63, 3.8) is 0 Å². The molecule has 0 saturated heterocycles. The molecule has 0 heterocycles. The lowest BCUT2D eigenvalue weighted by Crippen LogP contribution is -2.26. The summed E-state index contributed by atoms with van der Waals surface area (Å²) < 4.78 is 0.